The van der Waals surface area contributed by atoms with E-state index < -0.39 is 0 Å². The van der Waals surface area contributed by atoms with E-state index in [9.17, 15) is 0 Å². The van der Waals surface area contributed by atoms with Gasteiger partial charge in [0.1, 0.15) is 0 Å². The Morgan fingerprint density at radius 3 is 2.67 bits per heavy atom. The molecule has 2 rings (SSSR count). The standard InChI is InChI=1S/C15H27N3/c1-4-13-11-15(18(5-2)17-13)14(16-3)10-12-8-6-7-9-12/h11-12,14,16H,4-10H2,1-3H3. The number of rotatable bonds is 6. The van der Waals surface area contributed by atoms with Crippen molar-refractivity contribution >= 4 is 0 Å². The van der Waals surface area contributed by atoms with Gasteiger partial charge in [0, 0.05) is 12.6 Å². The largest absolute Gasteiger partial charge is 0.312 e. The Bertz CT molecular complexity index is 364. The van der Waals surface area contributed by atoms with Crippen molar-refractivity contribution in [1.82, 2.24) is 15.1 Å². The summed E-state index contributed by atoms with van der Waals surface area (Å²) in [7, 11) is 2.08. The second-order valence-electron chi connectivity index (χ2n) is 5.46. The molecule has 1 atom stereocenters. The summed E-state index contributed by atoms with van der Waals surface area (Å²) in [4.78, 5) is 0. The van der Waals surface area contributed by atoms with Gasteiger partial charge in [0.2, 0.25) is 0 Å². The molecule has 0 aliphatic heterocycles. The maximum absolute atomic E-state index is 4.67. The van der Waals surface area contributed by atoms with E-state index >= 15 is 0 Å². The summed E-state index contributed by atoms with van der Waals surface area (Å²) in [6.45, 7) is 5.33. The summed E-state index contributed by atoms with van der Waals surface area (Å²) in [5, 5.41) is 8.16. The maximum atomic E-state index is 4.67. The minimum absolute atomic E-state index is 0.473. The summed E-state index contributed by atoms with van der Waals surface area (Å²) < 4.78 is 2.18. The summed E-state index contributed by atoms with van der Waals surface area (Å²) in [6, 6.07) is 2.76. The lowest BCUT2D eigenvalue weighted by molar-refractivity contribution is 0.393. The molecule has 0 radical (unpaired) electrons. The Kier molecular flexibility index (Phi) is 4.81. The lowest BCUT2D eigenvalue weighted by Gasteiger charge is -2.20. The first-order chi connectivity index (χ1) is 8.78. The first-order valence-electron chi connectivity index (χ1n) is 7.52. The van der Waals surface area contributed by atoms with Crippen molar-refractivity contribution in [3.05, 3.63) is 17.5 Å². The average molecular weight is 249 g/mol. The van der Waals surface area contributed by atoms with E-state index in [2.05, 4.69) is 42.1 Å². The third kappa shape index (κ3) is 2.94. The minimum Gasteiger partial charge on any atom is -0.312 e. The fraction of sp³-hybridized carbons (Fsp3) is 0.800. The zero-order valence-electron chi connectivity index (χ0n) is 12.1. The van der Waals surface area contributed by atoms with Crippen molar-refractivity contribution in [3.63, 3.8) is 0 Å². The van der Waals surface area contributed by atoms with Crippen LogP contribution in [0, 0.1) is 5.92 Å². The minimum atomic E-state index is 0.473. The molecule has 1 unspecified atom stereocenters. The van der Waals surface area contributed by atoms with Crippen LogP contribution in [0.15, 0.2) is 6.07 Å². The number of aryl methyl sites for hydroxylation is 2. The molecule has 0 aromatic carbocycles. The van der Waals surface area contributed by atoms with Gasteiger partial charge in [0.25, 0.3) is 0 Å². The van der Waals surface area contributed by atoms with E-state index in [4.69, 9.17) is 0 Å². The number of nitrogens with one attached hydrogen (secondary N) is 1. The summed E-state index contributed by atoms with van der Waals surface area (Å²) in [5.74, 6) is 0.910. The van der Waals surface area contributed by atoms with Gasteiger partial charge in [-0.3, -0.25) is 4.68 Å². The van der Waals surface area contributed by atoms with Crippen molar-refractivity contribution in [2.75, 3.05) is 7.05 Å². The van der Waals surface area contributed by atoms with Crippen LogP contribution in [0.5, 0.6) is 0 Å². The van der Waals surface area contributed by atoms with Crippen molar-refractivity contribution in [3.8, 4) is 0 Å². The molecule has 0 saturated heterocycles. The van der Waals surface area contributed by atoms with Crippen LogP contribution in [-0.2, 0) is 13.0 Å². The predicted octanol–water partition coefficient (Wildman–Crippen LogP) is 3.31. The molecule has 0 bridgehead atoms. The van der Waals surface area contributed by atoms with E-state index in [1.54, 1.807) is 0 Å². The summed E-state index contributed by atoms with van der Waals surface area (Å²) in [6.07, 6.45) is 7.98. The predicted molar refractivity (Wildman–Crippen MR) is 75.7 cm³/mol. The van der Waals surface area contributed by atoms with Crippen LogP contribution in [0.1, 0.15) is 63.4 Å². The van der Waals surface area contributed by atoms with Gasteiger partial charge in [-0.05, 0) is 38.8 Å². The highest BCUT2D eigenvalue weighted by Gasteiger charge is 2.22. The van der Waals surface area contributed by atoms with Crippen LogP contribution >= 0.6 is 0 Å². The van der Waals surface area contributed by atoms with Crippen LogP contribution in [-0.4, -0.2) is 16.8 Å². The van der Waals surface area contributed by atoms with Crippen LogP contribution in [0.3, 0.4) is 0 Å². The highest BCUT2D eigenvalue weighted by molar-refractivity contribution is 5.14. The van der Waals surface area contributed by atoms with Gasteiger partial charge in [-0.2, -0.15) is 5.10 Å². The van der Waals surface area contributed by atoms with E-state index in [0.29, 0.717) is 6.04 Å². The van der Waals surface area contributed by atoms with Gasteiger partial charge in [0.05, 0.1) is 11.4 Å². The van der Waals surface area contributed by atoms with E-state index in [1.807, 2.05) is 0 Å². The lowest BCUT2D eigenvalue weighted by Crippen LogP contribution is -2.22. The first-order valence-corrected chi connectivity index (χ1v) is 7.52. The third-order valence-electron chi connectivity index (χ3n) is 4.27. The molecule has 18 heavy (non-hydrogen) atoms. The zero-order valence-corrected chi connectivity index (χ0v) is 12.1. The monoisotopic (exact) mass is 249 g/mol. The quantitative estimate of drug-likeness (QED) is 0.838. The topological polar surface area (TPSA) is 29.9 Å². The van der Waals surface area contributed by atoms with Crippen molar-refractivity contribution in [2.24, 2.45) is 5.92 Å². The Hall–Kier alpha value is -0.830. The van der Waals surface area contributed by atoms with Gasteiger partial charge >= 0.3 is 0 Å². The normalized spacial score (nSPS) is 18.4. The number of aromatic nitrogens is 2. The van der Waals surface area contributed by atoms with Crippen LogP contribution < -0.4 is 5.32 Å². The fourth-order valence-corrected chi connectivity index (χ4v) is 3.16. The summed E-state index contributed by atoms with van der Waals surface area (Å²) in [5.41, 5.74) is 2.60. The van der Waals surface area contributed by atoms with Gasteiger partial charge in [-0.25, -0.2) is 0 Å². The molecule has 0 amide bonds. The molecule has 102 valence electrons. The molecule has 1 saturated carbocycles. The first kappa shape index (κ1) is 13.6. The van der Waals surface area contributed by atoms with Gasteiger partial charge in [-0.15, -0.1) is 0 Å². The molecule has 1 aromatic heterocycles. The molecule has 1 heterocycles. The molecule has 1 N–H and O–H groups in total. The molecular formula is C15H27N3. The van der Waals surface area contributed by atoms with E-state index in [1.165, 1.54) is 43.5 Å². The van der Waals surface area contributed by atoms with Crippen molar-refractivity contribution in [2.45, 2.75) is 65.0 Å². The molecule has 1 aliphatic carbocycles. The number of hydrogen-bond donors (Lipinski definition) is 1. The van der Waals surface area contributed by atoms with Crippen LogP contribution in [0.4, 0.5) is 0 Å². The highest BCUT2D eigenvalue weighted by Crippen LogP contribution is 2.33. The molecule has 1 fully saturated rings. The van der Waals surface area contributed by atoms with Gasteiger partial charge in [0.15, 0.2) is 0 Å². The molecule has 3 heteroatoms. The number of hydrogen-bond acceptors (Lipinski definition) is 2. The molecule has 3 nitrogen and oxygen atoms in total. The van der Waals surface area contributed by atoms with E-state index in [0.717, 1.165) is 18.9 Å². The third-order valence-corrected chi connectivity index (χ3v) is 4.27. The SMILES string of the molecule is CCc1cc(C(CC2CCCC2)NC)n(CC)n1. The Labute approximate surface area is 111 Å². The zero-order chi connectivity index (χ0) is 13.0. The van der Waals surface area contributed by atoms with E-state index in [-0.39, 0.29) is 0 Å². The molecular weight excluding hydrogens is 222 g/mol. The smallest absolute Gasteiger partial charge is 0.0625 e. The average Bonchev–Trinajstić information content (AvgIpc) is 3.04. The molecule has 0 spiro atoms. The Morgan fingerprint density at radius 2 is 2.11 bits per heavy atom. The summed E-state index contributed by atoms with van der Waals surface area (Å²) >= 11 is 0. The lowest BCUT2D eigenvalue weighted by atomic mass is 9.96. The fourth-order valence-electron chi connectivity index (χ4n) is 3.16. The van der Waals surface area contributed by atoms with Crippen LogP contribution in [0.25, 0.3) is 0 Å². The second-order valence-corrected chi connectivity index (χ2v) is 5.46. The van der Waals surface area contributed by atoms with Gasteiger partial charge in [-0.1, -0.05) is 32.6 Å². The Balaban J connectivity index is 2.12. The maximum Gasteiger partial charge on any atom is 0.0625 e. The molecule has 1 aromatic rings. The van der Waals surface area contributed by atoms with Crippen molar-refractivity contribution < 1.29 is 0 Å². The second kappa shape index (κ2) is 6.37. The highest BCUT2D eigenvalue weighted by atomic mass is 15.3. The van der Waals surface area contributed by atoms with Crippen molar-refractivity contribution in [1.29, 1.82) is 0 Å². The van der Waals surface area contributed by atoms with Gasteiger partial charge < -0.3 is 5.32 Å². The Morgan fingerprint density at radius 1 is 1.39 bits per heavy atom. The van der Waals surface area contributed by atoms with Crippen LogP contribution in [0.2, 0.25) is 0 Å². The number of nitrogens with zero attached hydrogens (tertiary/aromatic N) is 2. The molecule has 1 aliphatic rings.